The summed E-state index contributed by atoms with van der Waals surface area (Å²) in [5.41, 5.74) is 1.14. The number of para-hydroxylation sites is 2. The summed E-state index contributed by atoms with van der Waals surface area (Å²) in [6, 6.07) is 8.68. The lowest BCUT2D eigenvalue weighted by atomic mass is 10.2. The fraction of sp³-hybridized carbons (Fsp3) is 0.231. The van der Waals surface area contributed by atoms with Crippen LogP contribution < -0.4 is 4.90 Å². The summed E-state index contributed by atoms with van der Waals surface area (Å²) in [5, 5.41) is 2.79. The van der Waals surface area contributed by atoms with E-state index in [2.05, 4.69) is 5.10 Å². The highest BCUT2D eigenvalue weighted by Gasteiger charge is 2.39. The van der Waals surface area contributed by atoms with Crippen LogP contribution in [-0.2, 0) is 15.0 Å². The molecular weight excluding hydrogens is 297 g/mol. The smallest absolute Gasteiger partial charge is 0.307 e. The summed E-state index contributed by atoms with van der Waals surface area (Å²) >= 11 is 0. The zero-order chi connectivity index (χ0) is 15.0. The van der Waals surface area contributed by atoms with E-state index in [1.807, 2.05) is 0 Å². The summed E-state index contributed by atoms with van der Waals surface area (Å²) < 4.78 is 36.7. The third-order valence-electron chi connectivity index (χ3n) is 3.41. The number of aromatic nitrogens is 2. The summed E-state index contributed by atoms with van der Waals surface area (Å²) in [5.74, 6) is -0.416. The molecule has 0 N–H and O–H groups in total. The molecule has 1 saturated heterocycles. The standard InChI is InChI=1S/C13H12FN3O3S/c14-21(19,20)10-8-13(18)16(9-10)11-4-1-2-5-12(11)17-7-3-6-15-17/h1-7,10H,8-9H2. The molecule has 0 radical (unpaired) electrons. The Kier molecular flexibility index (Phi) is 3.25. The molecule has 1 aliphatic heterocycles. The first-order valence-electron chi connectivity index (χ1n) is 6.29. The Morgan fingerprint density at radius 3 is 2.48 bits per heavy atom. The van der Waals surface area contributed by atoms with Crippen molar-refractivity contribution in [2.75, 3.05) is 11.4 Å². The van der Waals surface area contributed by atoms with Crippen LogP contribution in [0.25, 0.3) is 5.69 Å². The molecule has 110 valence electrons. The van der Waals surface area contributed by atoms with Crippen LogP contribution in [0.15, 0.2) is 42.7 Å². The topological polar surface area (TPSA) is 72.3 Å². The maximum atomic E-state index is 13.1. The van der Waals surface area contributed by atoms with Crippen LogP contribution in [0.4, 0.5) is 9.57 Å². The number of amides is 1. The Labute approximate surface area is 121 Å². The van der Waals surface area contributed by atoms with Gasteiger partial charge in [0.25, 0.3) is 0 Å². The lowest BCUT2D eigenvalue weighted by Gasteiger charge is -2.19. The zero-order valence-corrected chi connectivity index (χ0v) is 11.7. The van der Waals surface area contributed by atoms with Gasteiger partial charge >= 0.3 is 10.2 Å². The molecule has 21 heavy (non-hydrogen) atoms. The number of carbonyl (C=O) groups is 1. The Balaban J connectivity index is 2.01. The van der Waals surface area contributed by atoms with E-state index in [0.717, 1.165) is 0 Å². The van der Waals surface area contributed by atoms with Crippen molar-refractivity contribution in [3.8, 4) is 5.69 Å². The maximum absolute atomic E-state index is 13.1. The van der Waals surface area contributed by atoms with E-state index in [-0.39, 0.29) is 13.0 Å². The average molecular weight is 309 g/mol. The van der Waals surface area contributed by atoms with Crippen molar-refractivity contribution in [3.05, 3.63) is 42.7 Å². The van der Waals surface area contributed by atoms with E-state index >= 15 is 0 Å². The van der Waals surface area contributed by atoms with Gasteiger partial charge in [-0.3, -0.25) is 4.79 Å². The van der Waals surface area contributed by atoms with Crippen molar-refractivity contribution in [2.24, 2.45) is 0 Å². The number of nitrogens with zero attached hydrogens (tertiary/aromatic N) is 3. The van der Waals surface area contributed by atoms with Crippen LogP contribution in [0.5, 0.6) is 0 Å². The Bertz CT molecular complexity index is 774. The van der Waals surface area contributed by atoms with Gasteiger partial charge in [0.2, 0.25) is 5.91 Å². The van der Waals surface area contributed by atoms with Crippen LogP contribution in [0.1, 0.15) is 6.42 Å². The van der Waals surface area contributed by atoms with Gasteiger partial charge in [0, 0.05) is 25.4 Å². The summed E-state index contributed by atoms with van der Waals surface area (Å²) in [4.78, 5) is 13.3. The number of rotatable bonds is 3. The molecule has 1 aromatic heterocycles. The van der Waals surface area contributed by atoms with Crippen molar-refractivity contribution in [2.45, 2.75) is 11.7 Å². The van der Waals surface area contributed by atoms with Crippen LogP contribution >= 0.6 is 0 Å². The molecule has 1 atom stereocenters. The molecule has 8 heteroatoms. The van der Waals surface area contributed by atoms with Gasteiger partial charge in [-0.2, -0.15) is 13.5 Å². The number of anilines is 1. The first-order chi connectivity index (χ1) is 9.97. The van der Waals surface area contributed by atoms with Crippen molar-refractivity contribution in [1.82, 2.24) is 9.78 Å². The molecular formula is C13H12FN3O3S. The molecule has 1 amide bonds. The van der Waals surface area contributed by atoms with Gasteiger partial charge in [-0.05, 0) is 18.2 Å². The minimum Gasteiger partial charge on any atom is -0.309 e. The SMILES string of the molecule is O=C1CC(S(=O)(=O)F)CN1c1ccccc1-n1cccn1. The second-order valence-corrected chi connectivity index (χ2v) is 6.36. The first-order valence-corrected chi connectivity index (χ1v) is 7.74. The minimum atomic E-state index is -4.73. The molecule has 1 aromatic carbocycles. The van der Waals surface area contributed by atoms with Crippen molar-refractivity contribution in [1.29, 1.82) is 0 Å². The van der Waals surface area contributed by atoms with Gasteiger partial charge in [0.15, 0.2) is 0 Å². The molecule has 1 aliphatic rings. The molecule has 3 rings (SSSR count). The number of hydrogen-bond donors (Lipinski definition) is 0. The van der Waals surface area contributed by atoms with Crippen LogP contribution in [-0.4, -0.2) is 35.9 Å². The summed E-state index contributed by atoms with van der Waals surface area (Å²) in [6.45, 7) is -0.185. The maximum Gasteiger partial charge on any atom is 0.307 e. The average Bonchev–Trinajstić information content (AvgIpc) is 3.07. The van der Waals surface area contributed by atoms with Crippen molar-refractivity contribution >= 4 is 21.8 Å². The monoisotopic (exact) mass is 309 g/mol. The van der Waals surface area contributed by atoms with Gasteiger partial charge < -0.3 is 4.90 Å². The van der Waals surface area contributed by atoms with Crippen LogP contribution in [0.2, 0.25) is 0 Å². The second-order valence-electron chi connectivity index (χ2n) is 4.75. The predicted molar refractivity (Wildman–Crippen MR) is 74.3 cm³/mol. The zero-order valence-electron chi connectivity index (χ0n) is 10.9. The third-order valence-corrected chi connectivity index (χ3v) is 4.52. The molecule has 2 aromatic rings. The molecule has 2 heterocycles. The highest BCUT2D eigenvalue weighted by Crippen LogP contribution is 2.30. The molecule has 0 saturated carbocycles. The lowest BCUT2D eigenvalue weighted by molar-refractivity contribution is -0.117. The summed E-state index contributed by atoms with van der Waals surface area (Å²) in [7, 11) is -4.73. The lowest BCUT2D eigenvalue weighted by Crippen LogP contribution is -2.28. The van der Waals surface area contributed by atoms with Crippen molar-refractivity contribution in [3.63, 3.8) is 0 Å². The van der Waals surface area contributed by atoms with Gasteiger partial charge in [-0.15, -0.1) is 3.89 Å². The van der Waals surface area contributed by atoms with E-state index < -0.39 is 21.4 Å². The third kappa shape index (κ3) is 2.54. The van der Waals surface area contributed by atoms with E-state index in [4.69, 9.17) is 0 Å². The molecule has 0 spiro atoms. The minimum absolute atomic E-state index is 0.185. The normalized spacial score (nSPS) is 19.2. The fourth-order valence-corrected chi connectivity index (χ4v) is 3.06. The quantitative estimate of drug-likeness (QED) is 0.801. The van der Waals surface area contributed by atoms with E-state index in [9.17, 15) is 17.1 Å². The van der Waals surface area contributed by atoms with Crippen LogP contribution in [0.3, 0.4) is 0 Å². The fourth-order valence-electron chi connectivity index (χ4n) is 2.39. The highest BCUT2D eigenvalue weighted by molar-refractivity contribution is 7.87. The summed E-state index contributed by atoms with van der Waals surface area (Å²) in [6.07, 6.45) is 2.96. The van der Waals surface area contributed by atoms with Gasteiger partial charge in [0.1, 0.15) is 5.25 Å². The number of halogens is 1. The van der Waals surface area contributed by atoms with E-state index in [0.29, 0.717) is 11.4 Å². The van der Waals surface area contributed by atoms with Crippen molar-refractivity contribution < 1.29 is 17.1 Å². The molecule has 1 fully saturated rings. The van der Waals surface area contributed by atoms with E-state index in [1.165, 1.54) is 4.90 Å². The Hall–Kier alpha value is -2.22. The number of carbonyl (C=O) groups excluding carboxylic acids is 1. The molecule has 1 unspecified atom stereocenters. The van der Waals surface area contributed by atoms with Gasteiger partial charge in [-0.25, -0.2) is 4.68 Å². The Morgan fingerprint density at radius 2 is 1.90 bits per heavy atom. The van der Waals surface area contributed by atoms with Crippen LogP contribution in [0, 0.1) is 0 Å². The Morgan fingerprint density at radius 1 is 1.19 bits per heavy atom. The predicted octanol–water partition coefficient (Wildman–Crippen LogP) is 1.28. The highest BCUT2D eigenvalue weighted by atomic mass is 32.3. The number of hydrogen-bond acceptors (Lipinski definition) is 4. The molecule has 6 nitrogen and oxygen atoms in total. The second kappa shape index (κ2) is 4.96. The molecule has 0 bridgehead atoms. The largest absolute Gasteiger partial charge is 0.309 e. The number of benzene rings is 1. The first kappa shape index (κ1) is 13.7. The van der Waals surface area contributed by atoms with E-state index in [1.54, 1.807) is 47.4 Å². The van der Waals surface area contributed by atoms with Gasteiger partial charge in [0.05, 0.1) is 11.4 Å². The molecule has 0 aliphatic carbocycles. The van der Waals surface area contributed by atoms with Gasteiger partial charge in [-0.1, -0.05) is 12.1 Å².